The Morgan fingerprint density at radius 3 is 2.63 bits per heavy atom. The molecule has 19 heavy (non-hydrogen) atoms. The van der Waals surface area contributed by atoms with E-state index in [9.17, 15) is 5.11 Å². The lowest BCUT2D eigenvalue weighted by Crippen LogP contribution is -2.34. The predicted molar refractivity (Wildman–Crippen MR) is 76.4 cm³/mol. The van der Waals surface area contributed by atoms with Crippen LogP contribution in [0, 0.1) is 5.92 Å². The molecule has 4 nitrogen and oxygen atoms in total. The van der Waals surface area contributed by atoms with Crippen LogP contribution in [0.25, 0.3) is 0 Å². The van der Waals surface area contributed by atoms with Gasteiger partial charge in [0.1, 0.15) is 0 Å². The lowest BCUT2D eigenvalue weighted by molar-refractivity contribution is 0.243. The van der Waals surface area contributed by atoms with E-state index in [1.807, 2.05) is 19.1 Å². The first-order valence-corrected chi connectivity index (χ1v) is 6.87. The monoisotopic (exact) mass is 267 g/mol. The summed E-state index contributed by atoms with van der Waals surface area (Å²) in [4.78, 5) is 0. The molecule has 0 bridgehead atoms. The summed E-state index contributed by atoms with van der Waals surface area (Å²) in [5, 5.41) is 22.1. The fraction of sp³-hybridized carbons (Fsp3) is 0.600. The van der Waals surface area contributed by atoms with Gasteiger partial charge in [-0.3, -0.25) is 0 Å². The smallest absolute Gasteiger partial charge is 0.161 e. The highest BCUT2D eigenvalue weighted by Crippen LogP contribution is 2.26. The molecule has 1 unspecified atom stereocenters. The second-order valence-electron chi connectivity index (χ2n) is 4.98. The van der Waals surface area contributed by atoms with Crippen LogP contribution in [0.4, 0.5) is 0 Å². The van der Waals surface area contributed by atoms with Gasteiger partial charge in [-0.1, -0.05) is 19.9 Å². The lowest BCUT2D eigenvalue weighted by atomic mass is 10.0. The Bertz CT molecular complexity index is 380. The molecule has 1 aromatic carbocycles. The van der Waals surface area contributed by atoms with Crippen molar-refractivity contribution >= 4 is 0 Å². The number of aliphatic hydroxyl groups excluding tert-OH is 1. The third-order valence-corrected chi connectivity index (χ3v) is 3.14. The highest BCUT2D eigenvalue weighted by atomic mass is 16.5. The Kier molecular flexibility index (Phi) is 6.67. The summed E-state index contributed by atoms with van der Waals surface area (Å²) in [5.41, 5.74) is 1.06. The average molecular weight is 267 g/mol. The quantitative estimate of drug-likeness (QED) is 0.676. The minimum absolute atomic E-state index is 0.168. The lowest BCUT2D eigenvalue weighted by Gasteiger charge is -2.21. The van der Waals surface area contributed by atoms with Crippen LogP contribution >= 0.6 is 0 Å². The molecule has 0 aliphatic rings. The minimum Gasteiger partial charge on any atom is -0.504 e. The molecule has 0 aromatic heterocycles. The predicted octanol–water partition coefficient (Wildman–Crippen LogP) is 2.29. The van der Waals surface area contributed by atoms with E-state index in [2.05, 4.69) is 19.2 Å². The molecular formula is C15H25NO3. The van der Waals surface area contributed by atoms with Crippen molar-refractivity contribution < 1.29 is 14.9 Å². The van der Waals surface area contributed by atoms with Gasteiger partial charge in [0, 0.05) is 19.2 Å². The summed E-state index contributed by atoms with van der Waals surface area (Å²) < 4.78 is 5.36. The Hall–Kier alpha value is -1.26. The van der Waals surface area contributed by atoms with Gasteiger partial charge in [-0.15, -0.1) is 0 Å². The zero-order valence-electron chi connectivity index (χ0n) is 12.0. The molecule has 108 valence electrons. The van der Waals surface area contributed by atoms with Crippen LogP contribution in [0.3, 0.4) is 0 Å². The van der Waals surface area contributed by atoms with Crippen LogP contribution in [0.5, 0.6) is 11.5 Å². The zero-order chi connectivity index (χ0) is 14.3. The molecule has 0 fully saturated rings. The standard InChI is InChI=1S/C15H25NO3/c1-4-19-15-9-12(5-6-14(15)18)10-16-13(7-8-17)11(2)3/h5-6,9,11,13,16-18H,4,7-8,10H2,1-3H3. The molecule has 0 radical (unpaired) electrons. The van der Waals surface area contributed by atoms with Crippen LogP contribution in [-0.4, -0.2) is 29.5 Å². The topological polar surface area (TPSA) is 61.7 Å². The fourth-order valence-electron chi connectivity index (χ4n) is 2.00. The number of phenolic OH excluding ortho intramolecular Hbond substituents is 1. The molecule has 4 heteroatoms. The van der Waals surface area contributed by atoms with Gasteiger partial charge in [-0.05, 0) is 37.0 Å². The van der Waals surface area contributed by atoms with Crippen molar-refractivity contribution in [3.63, 3.8) is 0 Å². The molecule has 0 heterocycles. The van der Waals surface area contributed by atoms with Crippen LogP contribution in [0.1, 0.15) is 32.8 Å². The highest BCUT2D eigenvalue weighted by Gasteiger charge is 2.12. The van der Waals surface area contributed by atoms with Crippen molar-refractivity contribution in [3.05, 3.63) is 23.8 Å². The van der Waals surface area contributed by atoms with Gasteiger partial charge in [0.15, 0.2) is 11.5 Å². The number of benzene rings is 1. The second kappa shape index (κ2) is 8.02. The maximum Gasteiger partial charge on any atom is 0.161 e. The molecule has 1 rings (SSSR count). The summed E-state index contributed by atoms with van der Waals surface area (Å²) in [6, 6.07) is 5.66. The Morgan fingerprint density at radius 2 is 2.05 bits per heavy atom. The number of ether oxygens (including phenoxy) is 1. The number of nitrogens with one attached hydrogen (secondary N) is 1. The average Bonchev–Trinajstić information content (AvgIpc) is 2.38. The number of aromatic hydroxyl groups is 1. The molecule has 0 saturated heterocycles. The first-order chi connectivity index (χ1) is 9.08. The Balaban J connectivity index is 2.63. The first-order valence-electron chi connectivity index (χ1n) is 6.87. The van der Waals surface area contributed by atoms with E-state index in [0.29, 0.717) is 24.8 Å². The number of hydrogen-bond acceptors (Lipinski definition) is 4. The Morgan fingerprint density at radius 1 is 1.32 bits per heavy atom. The van der Waals surface area contributed by atoms with Gasteiger partial charge < -0.3 is 20.3 Å². The van der Waals surface area contributed by atoms with Gasteiger partial charge in [-0.25, -0.2) is 0 Å². The number of rotatable bonds is 8. The first kappa shape index (κ1) is 15.8. The molecule has 0 amide bonds. The maximum absolute atomic E-state index is 9.64. The van der Waals surface area contributed by atoms with Gasteiger partial charge in [0.2, 0.25) is 0 Å². The number of aliphatic hydroxyl groups is 1. The normalized spacial score (nSPS) is 12.7. The molecule has 1 atom stereocenters. The molecule has 0 saturated carbocycles. The fourth-order valence-corrected chi connectivity index (χ4v) is 2.00. The van der Waals surface area contributed by atoms with Crippen molar-refractivity contribution in [3.8, 4) is 11.5 Å². The van der Waals surface area contributed by atoms with E-state index in [1.165, 1.54) is 0 Å². The van der Waals surface area contributed by atoms with Crippen LogP contribution in [0.15, 0.2) is 18.2 Å². The maximum atomic E-state index is 9.64. The van der Waals surface area contributed by atoms with Gasteiger partial charge >= 0.3 is 0 Å². The zero-order valence-corrected chi connectivity index (χ0v) is 12.0. The summed E-state index contributed by atoms with van der Waals surface area (Å²) >= 11 is 0. The van der Waals surface area contributed by atoms with Crippen molar-refractivity contribution in [2.45, 2.75) is 39.8 Å². The molecule has 0 aliphatic carbocycles. The molecule has 0 aliphatic heterocycles. The largest absolute Gasteiger partial charge is 0.504 e. The number of phenols is 1. The molecule has 3 N–H and O–H groups in total. The highest BCUT2D eigenvalue weighted by molar-refractivity contribution is 5.41. The summed E-state index contributed by atoms with van der Waals surface area (Å²) in [6.45, 7) is 7.58. The van der Waals surface area contributed by atoms with Crippen LogP contribution < -0.4 is 10.1 Å². The van der Waals surface area contributed by atoms with Crippen molar-refractivity contribution in [2.24, 2.45) is 5.92 Å². The minimum atomic E-state index is 0.168. The summed E-state index contributed by atoms with van der Waals surface area (Å²) in [6.07, 6.45) is 0.744. The Labute approximate surface area is 115 Å². The second-order valence-corrected chi connectivity index (χ2v) is 4.98. The summed E-state index contributed by atoms with van der Waals surface area (Å²) in [5.74, 6) is 1.15. The summed E-state index contributed by atoms with van der Waals surface area (Å²) in [7, 11) is 0. The van der Waals surface area contributed by atoms with E-state index in [1.54, 1.807) is 6.07 Å². The van der Waals surface area contributed by atoms with Gasteiger partial charge in [0.05, 0.1) is 6.61 Å². The van der Waals surface area contributed by atoms with E-state index in [-0.39, 0.29) is 18.4 Å². The van der Waals surface area contributed by atoms with E-state index in [4.69, 9.17) is 9.84 Å². The third kappa shape index (κ3) is 5.09. The molecular weight excluding hydrogens is 242 g/mol. The number of hydrogen-bond donors (Lipinski definition) is 3. The van der Waals surface area contributed by atoms with Gasteiger partial charge in [-0.2, -0.15) is 0 Å². The van der Waals surface area contributed by atoms with Crippen LogP contribution in [-0.2, 0) is 6.54 Å². The van der Waals surface area contributed by atoms with Crippen LogP contribution in [0.2, 0.25) is 0 Å². The van der Waals surface area contributed by atoms with Gasteiger partial charge in [0.25, 0.3) is 0 Å². The van der Waals surface area contributed by atoms with E-state index in [0.717, 1.165) is 12.0 Å². The molecule has 0 spiro atoms. The SMILES string of the molecule is CCOc1cc(CNC(CCO)C(C)C)ccc1O. The van der Waals surface area contributed by atoms with E-state index < -0.39 is 0 Å². The van der Waals surface area contributed by atoms with Crippen molar-refractivity contribution in [1.29, 1.82) is 0 Å². The molecule has 1 aromatic rings. The third-order valence-electron chi connectivity index (χ3n) is 3.14. The van der Waals surface area contributed by atoms with Crippen molar-refractivity contribution in [1.82, 2.24) is 5.32 Å². The van der Waals surface area contributed by atoms with Crippen molar-refractivity contribution in [2.75, 3.05) is 13.2 Å². The van der Waals surface area contributed by atoms with E-state index >= 15 is 0 Å².